The Hall–Kier alpha value is -3.27. The van der Waals surface area contributed by atoms with Crippen LogP contribution in [0.2, 0.25) is 0 Å². The number of carbonyl (C=O) groups excluding carboxylic acids is 1. The van der Waals surface area contributed by atoms with Crippen molar-refractivity contribution in [3.63, 3.8) is 0 Å². The first kappa shape index (κ1) is 20.0. The number of rotatable bonds is 4. The molecule has 3 aromatic rings. The Kier molecular flexibility index (Phi) is 5.75. The Morgan fingerprint density at radius 2 is 1.70 bits per heavy atom. The second kappa shape index (κ2) is 8.62. The van der Waals surface area contributed by atoms with Crippen LogP contribution in [0.15, 0.2) is 54.1 Å². The van der Waals surface area contributed by atoms with Crippen LogP contribution in [0, 0.1) is 6.92 Å². The fourth-order valence-electron chi connectivity index (χ4n) is 3.80. The van der Waals surface area contributed by atoms with Crippen LogP contribution in [-0.2, 0) is 30.5 Å². The fraction of sp³-hybridized carbons (Fsp3) is 0.269. The lowest BCUT2D eigenvalue weighted by molar-refractivity contribution is -0.115. The zero-order valence-electron chi connectivity index (χ0n) is 17.8. The van der Waals surface area contributed by atoms with Gasteiger partial charge in [0, 0.05) is 6.42 Å². The standard InChI is InChI=1S/C26H27N3O/c1-17(2)14-24-26(29-25(30)15-19-10-8-18(3)9-11-19)28-22-13-12-20-6-4-5-7-21(20)16-23(22)27-24/h4-11,14H,12-13,15-16H2,1-3H3,(H,28,29,30). The van der Waals surface area contributed by atoms with E-state index in [4.69, 9.17) is 9.97 Å². The predicted molar refractivity (Wildman–Crippen MR) is 122 cm³/mol. The summed E-state index contributed by atoms with van der Waals surface area (Å²) in [5.41, 5.74) is 8.66. The molecule has 2 aromatic carbocycles. The summed E-state index contributed by atoms with van der Waals surface area (Å²) in [6.45, 7) is 6.10. The summed E-state index contributed by atoms with van der Waals surface area (Å²) in [4.78, 5) is 22.5. The molecule has 4 nitrogen and oxygen atoms in total. The highest BCUT2D eigenvalue weighted by Gasteiger charge is 2.19. The average molecular weight is 398 g/mol. The van der Waals surface area contributed by atoms with Crippen molar-refractivity contribution in [2.45, 2.75) is 46.5 Å². The average Bonchev–Trinajstić information content (AvgIpc) is 2.88. The first-order valence-electron chi connectivity index (χ1n) is 10.4. The number of aromatic nitrogens is 2. The zero-order chi connectivity index (χ0) is 21.1. The van der Waals surface area contributed by atoms with Crippen molar-refractivity contribution in [3.05, 3.63) is 93.4 Å². The smallest absolute Gasteiger partial charge is 0.230 e. The van der Waals surface area contributed by atoms with E-state index >= 15 is 0 Å². The van der Waals surface area contributed by atoms with Crippen molar-refractivity contribution in [2.75, 3.05) is 5.32 Å². The van der Waals surface area contributed by atoms with Crippen LogP contribution in [0.25, 0.3) is 6.08 Å². The van der Waals surface area contributed by atoms with Crippen molar-refractivity contribution >= 4 is 17.8 Å². The van der Waals surface area contributed by atoms with Gasteiger partial charge in [-0.3, -0.25) is 4.79 Å². The van der Waals surface area contributed by atoms with E-state index in [1.807, 2.05) is 51.1 Å². The zero-order valence-corrected chi connectivity index (χ0v) is 17.8. The van der Waals surface area contributed by atoms with Crippen molar-refractivity contribution in [3.8, 4) is 0 Å². The van der Waals surface area contributed by atoms with E-state index in [0.29, 0.717) is 12.2 Å². The number of allylic oxidation sites excluding steroid dienone is 1. The summed E-state index contributed by atoms with van der Waals surface area (Å²) in [5, 5.41) is 3.01. The lowest BCUT2D eigenvalue weighted by Gasteiger charge is -2.13. The second-order valence-electron chi connectivity index (χ2n) is 8.23. The van der Waals surface area contributed by atoms with Gasteiger partial charge in [-0.1, -0.05) is 59.7 Å². The quantitative estimate of drug-likeness (QED) is 0.668. The van der Waals surface area contributed by atoms with Gasteiger partial charge in [0.1, 0.15) is 5.69 Å². The maximum absolute atomic E-state index is 12.7. The fourth-order valence-corrected chi connectivity index (χ4v) is 3.80. The van der Waals surface area contributed by atoms with Crippen molar-refractivity contribution in [1.82, 2.24) is 9.97 Å². The van der Waals surface area contributed by atoms with Gasteiger partial charge in [-0.2, -0.15) is 0 Å². The normalized spacial score (nSPS) is 12.4. The van der Waals surface area contributed by atoms with E-state index in [0.717, 1.165) is 47.5 Å². The van der Waals surface area contributed by atoms with Crippen LogP contribution in [0.5, 0.6) is 0 Å². The van der Waals surface area contributed by atoms with Crippen LogP contribution >= 0.6 is 0 Å². The third kappa shape index (κ3) is 4.65. The molecule has 0 unspecified atom stereocenters. The summed E-state index contributed by atoms with van der Waals surface area (Å²) < 4.78 is 0. The molecule has 4 heteroatoms. The van der Waals surface area contributed by atoms with Crippen molar-refractivity contribution < 1.29 is 4.79 Å². The summed E-state index contributed by atoms with van der Waals surface area (Å²) >= 11 is 0. The molecule has 0 saturated heterocycles. The Bertz CT molecular complexity index is 1110. The van der Waals surface area contributed by atoms with Gasteiger partial charge < -0.3 is 5.32 Å². The van der Waals surface area contributed by atoms with Gasteiger partial charge in [-0.25, -0.2) is 9.97 Å². The van der Waals surface area contributed by atoms with Gasteiger partial charge in [0.25, 0.3) is 0 Å². The molecule has 0 fully saturated rings. The molecule has 1 N–H and O–H groups in total. The van der Waals surface area contributed by atoms with Crippen LogP contribution in [-0.4, -0.2) is 15.9 Å². The van der Waals surface area contributed by atoms with Crippen LogP contribution in [0.3, 0.4) is 0 Å². The Balaban J connectivity index is 1.63. The first-order chi connectivity index (χ1) is 14.5. The lowest BCUT2D eigenvalue weighted by Crippen LogP contribution is -2.18. The minimum Gasteiger partial charge on any atom is -0.309 e. The molecule has 0 saturated carbocycles. The second-order valence-corrected chi connectivity index (χ2v) is 8.23. The van der Waals surface area contributed by atoms with Gasteiger partial charge in [0.05, 0.1) is 17.8 Å². The number of benzene rings is 2. The molecule has 0 aliphatic heterocycles. The summed E-state index contributed by atoms with van der Waals surface area (Å²) in [5.74, 6) is 0.478. The number of nitrogens with one attached hydrogen (secondary N) is 1. The predicted octanol–water partition coefficient (Wildman–Crippen LogP) is 5.08. The molecule has 152 valence electrons. The van der Waals surface area contributed by atoms with Gasteiger partial charge >= 0.3 is 0 Å². The number of hydrogen-bond donors (Lipinski definition) is 1. The molecule has 1 heterocycles. The molecule has 0 radical (unpaired) electrons. The molecular formula is C26H27N3O. The summed E-state index contributed by atoms with van der Waals surface area (Å²) in [7, 11) is 0. The Morgan fingerprint density at radius 3 is 2.43 bits per heavy atom. The highest BCUT2D eigenvalue weighted by atomic mass is 16.1. The number of aryl methyl sites for hydroxylation is 3. The molecular weight excluding hydrogens is 370 g/mol. The maximum atomic E-state index is 12.7. The molecule has 0 atom stereocenters. The summed E-state index contributed by atoms with van der Waals surface area (Å²) in [6.07, 6.45) is 4.86. The molecule has 30 heavy (non-hydrogen) atoms. The number of hydrogen-bond acceptors (Lipinski definition) is 3. The van der Waals surface area contributed by atoms with E-state index in [9.17, 15) is 4.79 Å². The third-order valence-corrected chi connectivity index (χ3v) is 5.35. The Labute approximate surface area is 178 Å². The lowest BCUT2D eigenvalue weighted by atomic mass is 10.0. The van der Waals surface area contributed by atoms with E-state index in [2.05, 4.69) is 29.6 Å². The molecule has 1 aromatic heterocycles. The molecule has 0 spiro atoms. The molecule has 1 aliphatic rings. The SMILES string of the molecule is CC(C)=Cc1nc2c(nc1NC(=O)Cc1ccc(C)cc1)CCc1ccccc1C2. The largest absolute Gasteiger partial charge is 0.309 e. The van der Waals surface area contributed by atoms with Gasteiger partial charge in [0.15, 0.2) is 5.82 Å². The highest BCUT2D eigenvalue weighted by Crippen LogP contribution is 2.25. The van der Waals surface area contributed by atoms with Crippen molar-refractivity contribution in [2.24, 2.45) is 0 Å². The number of nitrogens with zero attached hydrogens (tertiary/aromatic N) is 2. The van der Waals surface area contributed by atoms with Crippen LogP contribution in [0.1, 0.15) is 53.2 Å². The topological polar surface area (TPSA) is 54.9 Å². The number of amides is 1. The minimum atomic E-state index is -0.0755. The minimum absolute atomic E-state index is 0.0755. The van der Waals surface area contributed by atoms with Gasteiger partial charge in [-0.15, -0.1) is 0 Å². The van der Waals surface area contributed by atoms with Gasteiger partial charge in [-0.05, 0) is 56.4 Å². The van der Waals surface area contributed by atoms with Crippen LogP contribution < -0.4 is 5.32 Å². The number of carbonyl (C=O) groups is 1. The van der Waals surface area contributed by atoms with E-state index in [-0.39, 0.29) is 5.91 Å². The summed E-state index contributed by atoms with van der Waals surface area (Å²) in [6, 6.07) is 16.5. The number of fused-ring (bicyclic) bond motifs is 2. The number of anilines is 1. The van der Waals surface area contributed by atoms with Crippen molar-refractivity contribution in [1.29, 1.82) is 0 Å². The molecule has 1 amide bonds. The van der Waals surface area contributed by atoms with E-state index in [1.165, 1.54) is 16.7 Å². The van der Waals surface area contributed by atoms with Crippen LogP contribution in [0.4, 0.5) is 5.82 Å². The molecule has 1 aliphatic carbocycles. The maximum Gasteiger partial charge on any atom is 0.230 e. The third-order valence-electron chi connectivity index (χ3n) is 5.35. The highest BCUT2D eigenvalue weighted by molar-refractivity contribution is 5.93. The van der Waals surface area contributed by atoms with E-state index in [1.54, 1.807) is 0 Å². The molecule has 0 bridgehead atoms. The molecule has 4 rings (SSSR count). The van der Waals surface area contributed by atoms with Gasteiger partial charge in [0.2, 0.25) is 5.91 Å². The monoisotopic (exact) mass is 397 g/mol. The Morgan fingerprint density at radius 1 is 0.967 bits per heavy atom. The van der Waals surface area contributed by atoms with E-state index < -0.39 is 0 Å². The first-order valence-corrected chi connectivity index (χ1v) is 10.4.